The van der Waals surface area contributed by atoms with Crippen LogP contribution in [0.25, 0.3) is 0 Å². The zero-order valence-corrected chi connectivity index (χ0v) is 14.2. The van der Waals surface area contributed by atoms with E-state index in [1.165, 1.54) is 0 Å². The van der Waals surface area contributed by atoms with Gasteiger partial charge >= 0.3 is 11.8 Å². The van der Waals surface area contributed by atoms with E-state index in [0.717, 1.165) is 23.5 Å². The Morgan fingerprint density at radius 3 is 2.41 bits per heavy atom. The Morgan fingerprint density at radius 1 is 1.23 bits per heavy atom. The first kappa shape index (κ1) is 17.9. The van der Waals surface area contributed by atoms with Crippen LogP contribution in [0.3, 0.4) is 0 Å². The summed E-state index contributed by atoms with van der Waals surface area (Å²) in [5.41, 5.74) is 5.42. The van der Waals surface area contributed by atoms with E-state index in [-0.39, 0.29) is 6.04 Å². The Balaban J connectivity index is 2.71. The summed E-state index contributed by atoms with van der Waals surface area (Å²) < 4.78 is 2.22. The fraction of sp³-hybridized carbons (Fsp3) is 0.562. The van der Waals surface area contributed by atoms with Gasteiger partial charge in [-0.15, -0.1) is 0 Å². The van der Waals surface area contributed by atoms with Crippen LogP contribution in [0.2, 0.25) is 0 Å². The lowest BCUT2D eigenvalue weighted by Gasteiger charge is -2.11. The number of aromatic nitrogens is 1. The maximum absolute atomic E-state index is 11.5. The van der Waals surface area contributed by atoms with Gasteiger partial charge in [0, 0.05) is 29.5 Å². The monoisotopic (exact) mass is 306 g/mol. The van der Waals surface area contributed by atoms with Gasteiger partial charge in [0.05, 0.1) is 6.21 Å². The van der Waals surface area contributed by atoms with Gasteiger partial charge in [-0.1, -0.05) is 13.8 Å². The number of hydrazone groups is 1. The number of rotatable bonds is 5. The van der Waals surface area contributed by atoms with Crippen molar-refractivity contribution in [3.8, 4) is 0 Å². The molecule has 0 saturated heterocycles. The lowest BCUT2D eigenvalue weighted by molar-refractivity contribution is -0.139. The Kier molecular flexibility index (Phi) is 6.34. The summed E-state index contributed by atoms with van der Waals surface area (Å²) in [5.74, 6) is -0.896. The Bertz CT molecular complexity index is 571. The van der Waals surface area contributed by atoms with Gasteiger partial charge in [0.25, 0.3) is 0 Å². The Hall–Kier alpha value is -2.11. The molecular weight excluding hydrogens is 280 g/mol. The first-order valence-corrected chi connectivity index (χ1v) is 7.53. The maximum Gasteiger partial charge on any atom is 0.329 e. The van der Waals surface area contributed by atoms with E-state index >= 15 is 0 Å². The summed E-state index contributed by atoms with van der Waals surface area (Å²) >= 11 is 0. The Morgan fingerprint density at radius 2 is 1.86 bits per heavy atom. The van der Waals surface area contributed by atoms with Crippen molar-refractivity contribution in [2.24, 2.45) is 11.0 Å². The van der Waals surface area contributed by atoms with Crippen molar-refractivity contribution in [2.45, 2.75) is 54.1 Å². The van der Waals surface area contributed by atoms with Crippen molar-refractivity contribution in [1.82, 2.24) is 15.3 Å². The molecule has 0 unspecified atom stereocenters. The molecule has 0 atom stereocenters. The standard InChI is InChI=1S/C16H26N4O2/c1-10(2)9-20-12(5)7-14(13(20)6)8-17-19-16(22)15(21)18-11(3)4/h7-8,10-11H,9H2,1-6H3,(H,18,21)(H,19,22)/b17-8-. The molecule has 1 aromatic heterocycles. The molecule has 6 heteroatoms. The summed E-state index contributed by atoms with van der Waals surface area (Å²) in [6.45, 7) is 12.9. The van der Waals surface area contributed by atoms with Crippen LogP contribution >= 0.6 is 0 Å². The molecule has 1 heterocycles. The minimum Gasteiger partial charge on any atom is -0.348 e. The lowest BCUT2D eigenvalue weighted by atomic mass is 10.2. The summed E-state index contributed by atoms with van der Waals surface area (Å²) in [7, 11) is 0. The number of hydrogen-bond acceptors (Lipinski definition) is 3. The van der Waals surface area contributed by atoms with Crippen LogP contribution in [0.4, 0.5) is 0 Å². The largest absolute Gasteiger partial charge is 0.348 e. The van der Waals surface area contributed by atoms with Crippen LogP contribution < -0.4 is 10.7 Å². The van der Waals surface area contributed by atoms with Gasteiger partial charge in [0.15, 0.2) is 0 Å². The number of amides is 2. The number of carbonyl (C=O) groups is 2. The third-order valence-corrected chi connectivity index (χ3v) is 3.16. The van der Waals surface area contributed by atoms with Crippen LogP contribution in [0, 0.1) is 19.8 Å². The first-order chi connectivity index (χ1) is 10.2. The molecule has 0 aliphatic carbocycles. The fourth-order valence-electron chi connectivity index (χ4n) is 2.14. The second-order valence-corrected chi connectivity index (χ2v) is 6.16. The third-order valence-electron chi connectivity index (χ3n) is 3.16. The SMILES string of the molecule is Cc1cc(/C=N\NC(=O)C(=O)NC(C)C)c(C)n1CC(C)C. The van der Waals surface area contributed by atoms with Crippen LogP contribution in [0.15, 0.2) is 11.2 Å². The van der Waals surface area contributed by atoms with E-state index in [1.54, 1.807) is 20.1 Å². The van der Waals surface area contributed by atoms with Crippen molar-refractivity contribution < 1.29 is 9.59 Å². The molecule has 2 amide bonds. The molecule has 22 heavy (non-hydrogen) atoms. The number of nitrogens with one attached hydrogen (secondary N) is 2. The van der Waals surface area contributed by atoms with E-state index in [0.29, 0.717) is 5.92 Å². The van der Waals surface area contributed by atoms with Crippen molar-refractivity contribution in [3.05, 3.63) is 23.0 Å². The minimum atomic E-state index is -0.763. The zero-order valence-electron chi connectivity index (χ0n) is 14.2. The maximum atomic E-state index is 11.5. The highest BCUT2D eigenvalue weighted by atomic mass is 16.2. The van der Waals surface area contributed by atoms with Gasteiger partial charge in [0.2, 0.25) is 0 Å². The van der Waals surface area contributed by atoms with Gasteiger partial charge in [-0.3, -0.25) is 9.59 Å². The fourth-order valence-corrected chi connectivity index (χ4v) is 2.14. The smallest absolute Gasteiger partial charge is 0.329 e. The molecule has 0 aliphatic rings. The summed E-state index contributed by atoms with van der Waals surface area (Å²) in [6, 6.07) is 1.93. The molecule has 0 radical (unpaired) electrons. The number of nitrogens with zero attached hydrogens (tertiary/aromatic N) is 2. The van der Waals surface area contributed by atoms with Crippen molar-refractivity contribution >= 4 is 18.0 Å². The van der Waals surface area contributed by atoms with E-state index in [4.69, 9.17) is 0 Å². The normalized spacial score (nSPS) is 11.5. The molecule has 1 aromatic rings. The average molecular weight is 306 g/mol. The highest BCUT2D eigenvalue weighted by molar-refractivity contribution is 6.35. The van der Waals surface area contributed by atoms with Crippen LogP contribution in [-0.2, 0) is 16.1 Å². The number of carbonyl (C=O) groups excluding carboxylic acids is 2. The lowest BCUT2D eigenvalue weighted by Crippen LogP contribution is -2.41. The molecule has 1 rings (SSSR count). The molecule has 0 aliphatic heterocycles. The zero-order chi connectivity index (χ0) is 16.9. The topological polar surface area (TPSA) is 75.5 Å². The quantitative estimate of drug-likeness (QED) is 0.494. The highest BCUT2D eigenvalue weighted by Gasteiger charge is 2.13. The summed E-state index contributed by atoms with van der Waals surface area (Å²) in [4.78, 5) is 23.0. The van der Waals surface area contributed by atoms with Gasteiger partial charge in [-0.25, -0.2) is 5.43 Å². The molecule has 0 bridgehead atoms. The van der Waals surface area contributed by atoms with E-state index in [1.807, 2.05) is 19.9 Å². The predicted octanol–water partition coefficient (Wildman–Crippen LogP) is 1.74. The second kappa shape index (κ2) is 7.77. The molecule has 122 valence electrons. The predicted molar refractivity (Wildman–Crippen MR) is 87.8 cm³/mol. The Labute approximate surface area is 132 Å². The number of aryl methyl sites for hydroxylation is 1. The molecule has 0 spiro atoms. The van der Waals surface area contributed by atoms with Gasteiger partial charge in [-0.2, -0.15) is 5.10 Å². The van der Waals surface area contributed by atoms with Crippen molar-refractivity contribution in [2.75, 3.05) is 0 Å². The minimum absolute atomic E-state index is 0.0859. The van der Waals surface area contributed by atoms with Gasteiger partial charge in [0.1, 0.15) is 0 Å². The summed E-state index contributed by atoms with van der Waals surface area (Å²) in [6.07, 6.45) is 1.57. The van der Waals surface area contributed by atoms with Crippen molar-refractivity contribution in [1.29, 1.82) is 0 Å². The van der Waals surface area contributed by atoms with Crippen molar-refractivity contribution in [3.63, 3.8) is 0 Å². The molecule has 0 saturated carbocycles. The molecule has 6 nitrogen and oxygen atoms in total. The second-order valence-electron chi connectivity index (χ2n) is 6.16. The van der Waals surface area contributed by atoms with Gasteiger partial charge < -0.3 is 9.88 Å². The van der Waals surface area contributed by atoms with Crippen LogP contribution in [0.1, 0.15) is 44.6 Å². The molecule has 0 fully saturated rings. The highest BCUT2D eigenvalue weighted by Crippen LogP contribution is 2.15. The summed E-state index contributed by atoms with van der Waals surface area (Å²) in [5, 5.41) is 6.37. The van der Waals surface area contributed by atoms with Crippen LogP contribution in [0.5, 0.6) is 0 Å². The van der Waals surface area contributed by atoms with E-state index < -0.39 is 11.8 Å². The molecule has 2 N–H and O–H groups in total. The van der Waals surface area contributed by atoms with Crippen LogP contribution in [-0.4, -0.2) is 28.6 Å². The average Bonchev–Trinajstić information content (AvgIpc) is 2.65. The first-order valence-electron chi connectivity index (χ1n) is 7.53. The molecular formula is C16H26N4O2. The van der Waals surface area contributed by atoms with Gasteiger partial charge in [-0.05, 0) is 39.7 Å². The van der Waals surface area contributed by atoms with E-state index in [2.05, 4.69) is 34.3 Å². The van der Waals surface area contributed by atoms with E-state index in [9.17, 15) is 9.59 Å². The number of hydrogen-bond donors (Lipinski definition) is 2. The third kappa shape index (κ3) is 5.02. The molecule has 0 aromatic carbocycles.